The van der Waals surface area contributed by atoms with Crippen LogP contribution in [0.1, 0.15) is 0 Å². The molecule has 0 radical (unpaired) electrons. The quantitative estimate of drug-likeness (QED) is 0.477. The van der Waals surface area contributed by atoms with Crippen molar-refractivity contribution in [1.82, 2.24) is 0 Å². The predicted molar refractivity (Wildman–Crippen MR) is 106 cm³/mol. The third-order valence-corrected chi connectivity index (χ3v) is 4.88. The highest BCUT2D eigenvalue weighted by Gasteiger charge is 2.14. The van der Waals surface area contributed by atoms with Crippen molar-refractivity contribution in [2.45, 2.75) is 0 Å². The maximum atomic E-state index is 9.43. The molecule has 1 aromatic heterocycles. The van der Waals surface area contributed by atoms with E-state index in [2.05, 4.69) is 24.3 Å². The van der Waals surface area contributed by atoms with Crippen molar-refractivity contribution >= 4 is 45.3 Å². The molecule has 0 amide bonds. The molecule has 124 valence electrons. The van der Waals surface area contributed by atoms with Crippen molar-refractivity contribution in [1.29, 1.82) is 0 Å². The summed E-state index contributed by atoms with van der Waals surface area (Å²) >= 11 is 0. The summed E-state index contributed by atoms with van der Waals surface area (Å²) in [5.74, 6) is 0. The van der Waals surface area contributed by atoms with E-state index in [-0.39, 0.29) is 0 Å². The Bertz CT molecular complexity index is 1270. The summed E-state index contributed by atoms with van der Waals surface area (Å²) < 4.78 is 6.03. The first-order chi connectivity index (χ1) is 12.7. The van der Waals surface area contributed by atoms with Crippen LogP contribution in [0.4, 0.5) is 0 Å². The number of hydrogen-bond donors (Lipinski definition) is 2. The molecule has 0 unspecified atom stereocenters. The van der Waals surface area contributed by atoms with Crippen LogP contribution in [0, 0.1) is 0 Å². The molecule has 5 rings (SSSR count). The molecule has 0 atom stereocenters. The van der Waals surface area contributed by atoms with Gasteiger partial charge in [0, 0.05) is 10.8 Å². The largest absolute Gasteiger partial charge is 0.488 e. The van der Waals surface area contributed by atoms with Gasteiger partial charge in [-0.3, -0.25) is 0 Å². The first-order valence-electron chi connectivity index (χ1n) is 8.51. The topological polar surface area (TPSA) is 53.6 Å². The van der Waals surface area contributed by atoms with Gasteiger partial charge in [0.2, 0.25) is 0 Å². The minimum absolute atomic E-state index is 0.477. The fourth-order valence-electron chi connectivity index (χ4n) is 3.61. The average Bonchev–Trinajstić information content (AvgIpc) is 3.06. The zero-order valence-corrected chi connectivity index (χ0v) is 13.9. The number of rotatable bonds is 2. The third-order valence-electron chi connectivity index (χ3n) is 4.88. The zero-order valence-electron chi connectivity index (χ0n) is 13.9. The predicted octanol–water partition coefficient (Wildman–Crippen LogP) is 4.09. The Labute approximate surface area is 150 Å². The Hall–Kier alpha value is -3.08. The maximum Gasteiger partial charge on any atom is 0.488 e. The second-order valence-corrected chi connectivity index (χ2v) is 6.47. The third kappa shape index (κ3) is 2.31. The molecule has 4 aromatic carbocycles. The summed E-state index contributed by atoms with van der Waals surface area (Å²) in [5.41, 5.74) is 4.14. The molecule has 0 aliphatic carbocycles. The molecule has 0 bridgehead atoms. The summed E-state index contributed by atoms with van der Waals surface area (Å²) in [6, 6.07) is 25.8. The molecule has 2 N–H and O–H groups in total. The van der Waals surface area contributed by atoms with Crippen molar-refractivity contribution < 1.29 is 14.5 Å². The number of furan rings is 1. The van der Waals surface area contributed by atoms with E-state index in [1.807, 2.05) is 42.5 Å². The van der Waals surface area contributed by atoms with Gasteiger partial charge in [0.1, 0.15) is 11.2 Å². The molecule has 5 aromatic rings. The first-order valence-corrected chi connectivity index (χ1v) is 8.51. The van der Waals surface area contributed by atoms with Crippen LogP contribution in [0.3, 0.4) is 0 Å². The van der Waals surface area contributed by atoms with Crippen LogP contribution in [-0.4, -0.2) is 17.2 Å². The van der Waals surface area contributed by atoms with E-state index in [1.54, 1.807) is 12.1 Å². The zero-order chi connectivity index (χ0) is 17.7. The fraction of sp³-hybridized carbons (Fsp3) is 0. The minimum Gasteiger partial charge on any atom is -0.456 e. The molecule has 0 saturated heterocycles. The van der Waals surface area contributed by atoms with Gasteiger partial charge in [-0.15, -0.1) is 0 Å². The van der Waals surface area contributed by atoms with Gasteiger partial charge >= 0.3 is 7.12 Å². The molecule has 1 heterocycles. The van der Waals surface area contributed by atoms with Crippen molar-refractivity contribution in [3.8, 4) is 11.1 Å². The standard InChI is InChI=1S/C22H15BO3/c24-23(25)17-6-3-5-15(12-17)16-9-10-20-19(13-16)22-18-7-2-1-4-14(18)8-11-21(22)26-20/h1-13,24-25H. The molecule has 4 heteroatoms. The summed E-state index contributed by atoms with van der Waals surface area (Å²) in [6.07, 6.45) is 0. The Morgan fingerprint density at radius 1 is 0.654 bits per heavy atom. The van der Waals surface area contributed by atoms with Gasteiger partial charge in [-0.05, 0) is 45.6 Å². The van der Waals surface area contributed by atoms with Gasteiger partial charge in [-0.25, -0.2) is 0 Å². The number of benzene rings is 4. The summed E-state index contributed by atoms with van der Waals surface area (Å²) in [6.45, 7) is 0. The Morgan fingerprint density at radius 2 is 1.46 bits per heavy atom. The summed E-state index contributed by atoms with van der Waals surface area (Å²) in [5, 5.41) is 23.4. The smallest absolute Gasteiger partial charge is 0.456 e. The summed E-state index contributed by atoms with van der Waals surface area (Å²) in [4.78, 5) is 0. The van der Waals surface area contributed by atoms with Crippen LogP contribution in [0.25, 0.3) is 43.8 Å². The monoisotopic (exact) mass is 338 g/mol. The van der Waals surface area contributed by atoms with Gasteiger partial charge in [0.05, 0.1) is 0 Å². The SMILES string of the molecule is OB(O)c1cccc(-c2ccc3oc4ccc5ccccc5c4c3c2)c1. The van der Waals surface area contributed by atoms with Crippen molar-refractivity contribution in [3.05, 3.63) is 78.9 Å². The lowest BCUT2D eigenvalue weighted by Gasteiger charge is -2.05. The van der Waals surface area contributed by atoms with Gasteiger partial charge in [0.15, 0.2) is 0 Å². The van der Waals surface area contributed by atoms with Crippen molar-refractivity contribution in [3.63, 3.8) is 0 Å². The van der Waals surface area contributed by atoms with Gasteiger partial charge < -0.3 is 14.5 Å². The molecular formula is C22H15BO3. The van der Waals surface area contributed by atoms with Crippen molar-refractivity contribution in [2.24, 2.45) is 0 Å². The van der Waals surface area contributed by atoms with Crippen LogP contribution >= 0.6 is 0 Å². The first kappa shape index (κ1) is 15.2. The maximum absolute atomic E-state index is 9.43. The molecule has 0 spiro atoms. The Balaban J connectivity index is 1.80. The molecule has 0 aliphatic rings. The average molecular weight is 338 g/mol. The van der Waals surface area contributed by atoms with E-state index in [0.29, 0.717) is 5.46 Å². The molecular weight excluding hydrogens is 323 g/mol. The van der Waals surface area contributed by atoms with Crippen LogP contribution in [0.2, 0.25) is 0 Å². The van der Waals surface area contributed by atoms with Crippen molar-refractivity contribution in [2.75, 3.05) is 0 Å². The lowest BCUT2D eigenvalue weighted by atomic mass is 9.79. The molecule has 0 aliphatic heterocycles. The normalized spacial score (nSPS) is 11.5. The Morgan fingerprint density at radius 3 is 2.35 bits per heavy atom. The van der Waals surface area contributed by atoms with Gasteiger partial charge in [-0.2, -0.15) is 0 Å². The van der Waals surface area contributed by atoms with E-state index in [9.17, 15) is 10.0 Å². The second-order valence-electron chi connectivity index (χ2n) is 6.47. The highest BCUT2D eigenvalue weighted by atomic mass is 16.4. The van der Waals surface area contributed by atoms with E-state index in [1.165, 1.54) is 10.8 Å². The number of hydrogen-bond acceptors (Lipinski definition) is 3. The fourth-order valence-corrected chi connectivity index (χ4v) is 3.61. The molecule has 0 saturated carbocycles. The van der Waals surface area contributed by atoms with Gasteiger partial charge in [0.25, 0.3) is 0 Å². The van der Waals surface area contributed by atoms with E-state index in [4.69, 9.17) is 4.42 Å². The molecule has 3 nitrogen and oxygen atoms in total. The van der Waals surface area contributed by atoms with Crippen LogP contribution in [-0.2, 0) is 0 Å². The summed E-state index contributed by atoms with van der Waals surface area (Å²) in [7, 11) is -1.47. The van der Waals surface area contributed by atoms with E-state index in [0.717, 1.165) is 33.1 Å². The molecule has 0 fully saturated rings. The van der Waals surface area contributed by atoms with Gasteiger partial charge in [-0.1, -0.05) is 60.7 Å². The lowest BCUT2D eigenvalue weighted by molar-refractivity contribution is 0.426. The van der Waals surface area contributed by atoms with Crippen LogP contribution in [0.5, 0.6) is 0 Å². The van der Waals surface area contributed by atoms with Crippen LogP contribution in [0.15, 0.2) is 83.3 Å². The molecule has 26 heavy (non-hydrogen) atoms. The number of fused-ring (bicyclic) bond motifs is 5. The lowest BCUT2D eigenvalue weighted by Crippen LogP contribution is -2.29. The minimum atomic E-state index is -1.47. The highest BCUT2D eigenvalue weighted by Crippen LogP contribution is 2.36. The van der Waals surface area contributed by atoms with Crippen LogP contribution < -0.4 is 5.46 Å². The van der Waals surface area contributed by atoms with E-state index < -0.39 is 7.12 Å². The second kappa shape index (κ2) is 5.73. The highest BCUT2D eigenvalue weighted by molar-refractivity contribution is 6.58. The Kier molecular flexibility index (Phi) is 3.35. The van der Waals surface area contributed by atoms with E-state index >= 15 is 0 Å².